The molecular formula is C8H15N5. The normalized spacial score (nSPS) is 22.4. The molecule has 0 bridgehead atoms. The van der Waals surface area contributed by atoms with Gasteiger partial charge in [0.2, 0.25) is 0 Å². The first-order valence-corrected chi connectivity index (χ1v) is 4.88. The van der Waals surface area contributed by atoms with Gasteiger partial charge in [-0.15, -0.1) is 10.2 Å². The molecule has 1 aromatic rings. The SMILES string of the molecule is CCc1nnn(CC2CCCN2)n1. The van der Waals surface area contributed by atoms with Crippen LogP contribution in [0.15, 0.2) is 0 Å². The van der Waals surface area contributed by atoms with Crippen LogP contribution in [0.3, 0.4) is 0 Å². The maximum absolute atomic E-state index is 4.25. The molecule has 2 heterocycles. The Morgan fingerprint density at radius 3 is 3.15 bits per heavy atom. The van der Waals surface area contributed by atoms with Gasteiger partial charge in [0.15, 0.2) is 5.82 Å². The molecule has 1 aliphatic heterocycles. The maximum atomic E-state index is 4.25. The van der Waals surface area contributed by atoms with Crippen LogP contribution in [-0.4, -0.2) is 32.8 Å². The highest BCUT2D eigenvalue weighted by Crippen LogP contribution is 2.05. The lowest BCUT2D eigenvalue weighted by Crippen LogP contribution is -2.27. The zero-order chi connectivity index (χ0) is 9.10. The fourth-order valence-corrected chi connectivity index (χ4v) is 1.60. The van der Waals surface area contributed by atoms with E-state index in [4.69, 9.17) is 0 Å². The van der Waals surface area contributed by atoms with Gasteiger partial charge in [-0.2, -0.15) is 4.80 Å². The Morgan fingerprint density at radius 1 is 1.62 bits per heavy atom. The summed E-state index contributed by atoms with van der Waals surface area (Å²) in [6, 6.07) is 0.541. The first-order chi connectivity index (χ1) is 6.38. The van der Waals surface area contributed by atoms with Crippen LogP contribution in [0.25, 0.3) is 0 Å². The van der Waals surface area contributed by atoms with E-state index in [1.807, 2.05) is 6.92 Å². The minimum absolute atomic E-state index is 0.541. The van der Waals surface area contributed by atoms with Gasteiger partial charge in [0.25, 0.3) is 0 Å². The van der Waals surface area contributed by atoms with Gasteiger partial charge >= 0.3 is 0 Å². The fraction of sp³-hybridized carbons (Fsp3) is 0.875. The summed E-state index contributed by atoms with van der Waals surface area (Å²) < 4.78 is 0. The van der Waals surface area contributed by atoms with Gasteiger partial charge in [0.05, 0.1) is 6.54 Å². The Morgan fingerprint density at radius 2 is 2.54 bits per heavy atom. The molecule has 0 amide bonds. The summed E-state index contributed by atoms with van der Waals surface area (Å²) in [6.07, 6.45) is 3.35. The predicted molar refractivity (Wildman–Crippen MR) is 48.2 cm³/mol. The van der Waals surface area contributed by atoms with Crippen molar-refractivity contribution < 1.29 is 0 Å². The first kappa shape index (κ1) is 8.62. The van der Waals surface area contributed by atoms with Crippen LogP contribution < -0.4 is 5.32 Å². The van der Waals surface area contributed by atoms with Gasteiger partial charge in [0, 0.05) is 12.5 Å². The third-order valence-electron chi connectivity index (χ3n) is 2.36. The van der Waals surface area contributed by atoms with Crippen molar-refractivity contribution in [2.45, 2.75) is 38.8 Å². The summed E-state index contributed by atoms with van der Waals surface area (Å²) >= 11 is 0. The Balaban J connectivity index is 1.92. The van der Waals surface area contributed by atoms with Crippen molar-refractivity contribution in [3.63, 3.8) is 0 Å². The molecule has 1 aromatic heterocycles. The van der Waals surface area contributed by atoms with Crippen molar-refractivity contribution in [2.24, 2.45) is 0 Å². The number of aryl methyl sites for hydroxylation is 1. The molecule has 5 nitrogen and oxygen atoms in total. The summed E-state index contributed by atoms with van der Waals surface area (Å²) in [4.78, 5) is 1.70. The maximum Gasteiger partial charge on any atom is 0.174 e. The summed E-state index contributed by atoms with van der Waals surface area (Å²) in [7, 11) is 0. The highest BCUT2D eigenvalue weighted by molar-refractivity contribution is 4.77. The fourth-order valence-electron chi connectivity index (χ4n) is 1.60. The number of nitrogens with zero attached hydrogens (tertiary/aromatic N) is 4. The average molecular weight is 181 g/mol. The van der Waals surface area contributed by atoms with Gasteiger partial charge < -0.3 is 5.32 Å². The number of aromatic nitrogens is 4. The summed E-state index contributed by atoms with van der Waals surface area (Å²) in [5.74, 6) is 0.831. The predicted octanol–water partition coefficient (Wildman–Crippen LogP) is -0.0125. The largest absolute Gasteiger partial charge is 0.312 e. The van der Waals surface area contributed by atoms with Crippen LogP contribution in [0.2, 0.25) is 0 Å². The molecule has 0 saturated carbocycles. The number of hydrogen-bond acceptors (Lipinski definition) is 4. The van der Waals surface area contributed by atoms with Gasteiger partial charge in [-0.05, 0) is 24.6 Å². The second-order valence-corrected chi connectivity index (χ2v) is 3.41. The molecular weight excluding hydrogens is 166 g/mol. The van der Waals surface area contributed by atoms with Crippen molar-refractivity contribution in [3.8, 4) is 0 Å². The third-order valence-corrected chi connectivity index (χ3v) is 2.36. The van der Waals surface area contributed by atoms with Crippen molar-refractivity contribution in [3.05, 3.63) is 5.82 Å². The Hall–Kier alpha value is -0.970. The van der Waals surface area contributed by atoms with Gasteiger partial charge in [-0.3, -0.25) is 0 Å². The molecule has 2 rings (SSSR count). The lowest BCUT2D eigenvalue weighted by Gasteiger charge is -2.06. The lowest BCUT2D eigenvalue weighted by atomic mass is 10.2. The Labute approximate surface area is 77.5 Å². The molecule has 1 aliphatic rings. The van der Waals surface area contributed by atoms with Gasteiger partial charge in [-0.25, -0.2) is 0 Å². The Kier molecular flexibility index (Phi) is 2.54. The van der Waals surface area contributed by atoms with Crippen LogP contribution in [0.5, 0.6) is 0 Å². The van der Waals surface area contributed by atoms with E-state index < -0.39 is 0 Å². The average Bonchev–Trinajstić information content (AvgIpc) is 2.76. The van der Waals surface area contributed by atoms with E-state index in [0.29, 0.717) is 6.04 Å². The highest BCUT2D eigenvalue weighted by atomic mass is 15.6. The molecule has 5 heteroatoms. The highest BCUT2D eigenvalue weighted by Gasteiger charge is 2.15. The molecule has 72 valence electrons. The molecule has 1 N–H and O–H groups in total. The number of tetrazole rings is 1. The standard InChI is InChI=1S/C8H15N5/c1-2-8-10-12-13(11-8)6-7-4-3-5-9-7/h7,9H,2-6H2,1H3. The second-order valence-electron chi connectivity index (χ2n) is 3.41. The van der Waals surface area contributed by atoms with E-state index in [1.165, 1.54) is 12.8 Å². The smallest absolute Gasteiger partial charge is 0.174 e. The molecule has 1 saturated heterocycles. The minimum atomic E-state index is 0.541. The van der Waals surface area contributed by atoms with E-state index in [2.05, 4.69) is 20.7 Å². The molecule has 0 radical (unpaired) electrons. The molecule has 0 aromatic carbocycles. The minimum Gasteiger partial charge on any atom is -0.312 e. The van der Waals surface area contributed by atoms with Gasteiger partial charge in [0.1, 0.15) is 0 Å². The molecule has 1 unspecified atom stereocenters. The van der Waals surface area contributed by atoms with Crippen LogP contribution in [0, 0.1) is 0 Å². The zero-order valence-electron chi connectivity index (χ0n) is 7.90. The first-order valence-electron chi connectivity index (χ1n) is 4.88. The summed E-state index contributed by atoms with van der Waals surface area (Å²) in [5.41, 5.74) is 0. The van der Waals surface area contributed by atoms with Gasteiger partial charge in [-0.1, -0.05) is 6.92 Å². The van der Waals surface area contributed by atoms with Crippen LogP contribution in [-0.2, 0) is 13.0 Å². The van der Waals surface area contributed by atoms with Crippen LogP contribution in [0.1, 0.15) is 25.6 Å². The number of rotatable bonds is 3. The van der Waals surface area contributed by atoms with E-state index in [0.717, 1.165) is 25.3 Å². The second kappa shape index (κ2) is 3.83. The van der Waals surface area contributed by atoms with Crippen molar-refractivity contribution in [2.75, 3.05) is 6.54 Å². The van der Waals surface area contributed by atoms with Crippen LogP contribution >= 0.6 is 0 Å². The van der Waals surface area contributed by atoms with E-state index in [-0.39, 0.29) is 0 Å². The molecule has 0 spiro atoms. The summed E-state index contributed by atoms with van der Waals surface area (Å²) in [6.45, 7) is 4.02. The van der Waals surface area contributed by atoms with Crippen molar-refractivity contribution >= 4 is 0 Å². The third kappa shape index (κ3) is 2.03. The topological polar surface area (TPSA) is 55.6 Å². The van der Waals surface area contributed by atoms with E-state index in [1.54, 1.807) is 4.80 Å². The molecule has 1 fully saturated rings. The number of hydrogen-bond donors (Lipinski definition) is 1. The lowest BCUT2D eigenvalue weighted by molar-refractivity contribution is 0.427. The Bertz CT molecular complexity index is 263. The van der Waals surface area contributed by atoms with E-state index >= 15 is 0 Å². The zero-order valence-corrected chi connectivity index (χ0v) is 7.90. The van der Waals surface area contributed by atoms with Crippen molar-refractivity contribution in [1.29, 1.82) is 0 Å². The van der Waals surface area contributed by atoms with Crippen LogP contribution in [0.4, 0.5) is 0 Å². The number of nitrogens with one attached hydrogen (secondary N) is 1. The summed E-state index contributed by atoms with van der Waals surface area (Å²) in [5, 5.41) is 15.6. The monoisotopic (exact) mass is 181 g/mol. The molecule has 1 atom stereocenters. The quantitative estimate of drug-likeness (QED) is 0.712. The molecule has 0 aliphatic carbocycles. The van der Waals surface area contributed by atoms with E-state index in [9.17, 15) is 0 Å². The molecule has 13 heavy (non-hydrogen) atoms. The van der Waals surface area contributed by atoms with Crippen molar-refractivity contribution in [1.82, 2.24) is 25.5 Å².